The molecule has 0 saturated heterocycles. The quantitative estimate of drug-likeness (QED) is 0.713. The van der Waals surface area contributed by atoms with E-state index in [1.54, 1.807) is 23.0 Å². The van der Waals surface area contributed by atoms with Gasteiger partial charge in [-0.05, 0) is 42.9 Å². The lowest BCUT2D eigenvalue weighted by Crippen LogP contribution is -2.01. The van der Waals surface area contributed by atoms with Crippen molar-refractivity contribution < 1.29 is 19.8 Å². The SMILES string of the molecule is C=CC.C=CC.C=CSC=C.O=C(O)c1cccc(C(=O)O)c1. The van der Waals surface area contributed by atoms with Crippen LogP contribution in [0.1, 0.15) is 34.6 Å². The van der Waals surface area contributed by atoms with Crippen LogP contribution >= 0.6 is 11.8 Å². The Kier molecular flexibility index (Phi) is 21.5. The third-order valence-electron chi connectivity index (χ3n) is 1.55. The van der Waals surface area contributed by atoms with Crippen LogP contribution in [0.4, 0.5) is 0 Å². The smallest absolute Gasteiger partial charge is 0.335 e. The molecule has 0 aromatic heterocycles. The summed E-state index contributed by atoms with van der Waals surface area (Å²) in [7, 11) is 0. The van der Waals surface area contributed by atoms with Gasteiger partial charge in [-0.3, -0.25) is 0 Å². The highest BCUT2D eigenvalue weighted by Crippen LogP contribution is 2.04. The fraction of sp³-hybridized carbons (Fsp3) is 0.111. The molecule has 0 heterocycles. The average Bonchev–Trinajstić information content (AvgIpc) is 2.50. The Bertz CT molecular complexity index is 466. The van der Waals surface area contributed by atoms with E-state index in [0.717, 1.165) is 6.07 Å². The summed E-state index contributed by atoms with van der Waals surface area (Å²) in [4.78, 5) is 20.8. The number of carbonyl (C=O) groups is 2. The summed E-state index contributed by atoms with van der Waals surface area (Å²) in [6.45, 7) is 17.4. The zero-order valence-corrected chi connectivity index (χ0v) is 14.4. The van der Waals surface area contributed by atoms with Crippen molar-refractivity contribution in [1.29, 1.82) is 0 Å². The normalized spacial score (nSPS) is 7.39. The maximum Gasteiger partial charge on any atom is 0.335 e. The van der Waals surface area contributed by atoms with Gasteiger partial charge < -0.3 is 10.2 Å². The molecule has 4 nitrogen and oxygen atoms in total. The molecule has 0 atom stereocenters. The average molecular weight is 336 g/mol. The van der Waals surface area contributed by atoms with Gasteiger partial charge in [0.1, 0.15) is 0 Å². The number of carboxylic acid groups (broad SMARTS) is 2. The van der Waals surface area contributed by atoms with E-state index < -0.39 is 11.9 Å². The van der Waals surface area contributed by atoms with Crippen molar-refractivity contribution in [2.45, 2.75) is 13.8 Å². The van der Waals surface area contributed by atoms with Gasteiger partial charge in [0.15, 0.2) is 0 Å². The summed E-state index contributed by atoms with van der Waals surface area (Å²) >= 11 is 1.49. The molecule has 126 valence electrons. The predicted molar refractivity (Wildman–Crippen MR) is 100 cm³/mol. The summed E-state index contributed by atoms with van der Waals surface area (Å²) < 4.78 is 0. The minimum atomic E-state index is -1.13. The van der Waals surface area contributed by atoms with Crippen LogP contribution in [-0.4, -0.2) is 22.2 Å². The molecule has 5 heteroatoms. The summed E-state index contributed by atoms with van der Waals surface area (Å²) in [6, 6.07) is 5.20. The van der Waals surface area contributed by atoms with Gasteiger partial charge >= 0.3 is 11.9 Å². The third-order valence-corrected chi connectivity index (χ3v) is 1.93. The van der Waals surface area contributed by atoms with Crippen molar-refractivity contribution in [2.24, 2.45) is 0 Å². The molecule has 0 aliphatic carbocycles. The minimum absolute atomic E-state index is 0.0186. The van der Waals surface area contributed by atoms with Gasteiger partial charge in [0.25, 0.3) is 0 Å². The Balaban J connectivity index is -0.000000303. The first-order chi connectivity index (χ1) is 10.9. The number of hydrogen-bond acceptors (Lipinski definition) is 3. The molecule has 0 bridgehead atoms. The Hall–Kier alpha value is -2.53. The van der Waals surface area contributed by atoms with E-state index in [1.165, 1.54) is 30.0 Å². The zero-order valence-electron chi connectivity index (χ0n) is 13.6. The topological polar surface area (TPSA) is 74.6 Å². The standard InChI is InChI=1S/C8H6O4.C4H6S.2C3H6/c9-7(10)5-2-1-3-6(4-5)8(11)12;1-3-5-4-2;2*1-3-2/h1-4H,(H,9,10)(H,11,12);3-4H,1-2H2;2*3H,1H2,2H3. The van der Waals surface area contributed by atoms with Gasteiger partial charge in [0.05, 0.1) is 11.1 Å². The molecule has 0 spiro atoms. The molecule has 0 radical (unpaired) electrons. The van der Waals surface area contributed by atoms with Gasteiger partial charge in [-0.1, -0.05) is 31.4 Å². The lowest BCUT2D eigenvalue weighted by atomic mass is 10.1. The molecule has 0 unspecified atom stereocenters. The molecule has 1 rings (SSSR count). The van der Waals surface area contributed by atoms with E-state index in [2.05, 4.69) is 26.3 Å². The van der Waals surface area contributed by atoms with Crippen LogP contribution < -0.4 is 0 Å². The number of carboxylic acids is 2. The van der Waals surface area contributed by atoms with E-state index in [0.29, 0.717) is 0 Å². The number of hydrogen-bond donors (Lipinski definition) is 2. The van der Waals surface area contributed by atoms with Crippen LogP contribution in [0.5, 0.6) is 0 Å². The second kappa shape index (κ2) is 19.5. The Labute approximate surface area is 142 Å². The first-order valence-electron chi connectivity index (χ1n) is 6.44. The molecule has 1 aromatic rings. The van der Waals surface area contributed by atoms with Gasteiger partial charge in [0.2, 0.25) is 0 Å². The predicted octanol–water partition coefficient (Wildman–Crippen LogP) is 5.47. The van der Waals surface area contributed by atoms with Gasteiger partial charge in [0, 0.05) is 0 Å². The number of rotatable bonds is 4. The second-order valence-electron chi connectivity index (χ2n) is 3.48. The molecule has 0 fully saturated rings. The van der Waals surface area contributed by atoms with Crippen molar-refractivity contribution >= 4 is 23.7 Å². The van der Waals surface area contributed by atoms with Crippen LogP contribution in [0.25, 0.3) is 0 Å². The minimum Gasteiger partial charge on any atom is -0.478 e. The third kappa shape index (κ3) is 19.5. The molecule has 1 aromatic carbocycles. The number of aromatic carboxylic acids is 2. The molecule has 0 aliphatic heterocycles. The highest BCUT2D eigenvalue weighted by molar-refractivity contribution is 8.04. The van der Waals surface area contributed by atoms with Gasteiger partial charge in [-0.25, -0.2) is 9.59 Å². The van der Waals surface area contributed by atoms with Crippen molar-refractivity contribution in [3.8, 4) is 0 Å². The first kappa shape index (κ1) is 25.4. The molecule has 0 amide bonds. The maximum absolute atomic E-state index is 10.4. The molecular formula is C18H24O4S. The van der Waals surface area contributed by atoms with Crippen LogP contribution in [0.2, 0.25) is 0 Å². The first-order valence-corrected chi connectivity index (χ1v) is 7.38. The van der Waals surface area contributed by atoms with Crippen molar-refractivity contribution in [1.82, 2.24) is 0 Å². The van der Waals surface area contributed by atoms with Crippen LogP contribution in [0, 0.1) is 0 Å². The molecule has 2 N–H and O–H groups in total. The van der Waals surface area contributed by atoms with E-state index in [-0.39, 0.29) is 11.1 Å². The zero-order chi connectivity index (χ0) is 18.7. The lowest BCUT2D eigenvalue weighted by Gasteiger charge is -1.95. The number of thioether (sulfide) groups is 1. The summed E-state index contributed by atoms with van der Waals surface area (Å²) in [5.74, 6) is -2.25. The summed E-state index contributed by atoms with van der Waals surface area (Å²) in [6.07, 6.45) is 3.50. The highest BCUT2D eigenvalue weighted by atomic mass is 32.2. The summed E-state index contributed by atoms with van der Waals surface area (Å²) in [5, 5.41) is 20.5. The monoisotopic (exact) mass is 336 g/mol. The molecule has 0 aliphatic rings. The van der Waals surface area contributed by atoms with Crippen LogP contribution in [0.3, 0.4) is 0 Å². The maximum atomic E-state index is 10.4. The van der Waals surface area contributed by atoms with Crippen molar-refractivity contribution in [3.63, 3.8) is 0 Å². The van der Waals surface area contributed by atoms with Crippen molar-refractivity contribution in [3.05, 3.63) is 84.7 Å². The van der Waals surface area contributed by atoms with Crippen LogP contribution in [-0.2, 0) is 0 Å². The molecule has 0 saturated carbocycles. The van der Waals surface area contributed by atoms with E-state index in [1.807, 2.05) is 13.8 Å². The fourth-order valence-electron chi connectivity index (χ4n) is 0.853. The van der Waals surface area contributed by atoms with Gasteiger partial charge in [-0.15, -0.1) is 24.9 Å². The lowest BCUT2D eigenvalue weighted by molar-refractivity contribution is 0.0696. The largest absolute Gasteiger partial charge is 0.478 e. The Morgan fingerprint density at radius 2 is 1.22 bits per heavy atom. The van der Waals surface area contributed by atoms with E-state index >= 15 is 0 Å². The summed E-state index contributed by atoms with van der Waals surface area (Å²) in [5.41, 5.74) is -0.0372. The van der Waals surface area contributed by atoms with Crippen molar-refractivity contribution in [2.75, 3.05) is 0 Å². The second-order valence-corrected chi connectivity index (χ2v) is 4.42. The number of benzene rings is 1. The van der Waals surface area contributed by atoms with Crippen LogP contribution in [0.15, 0.2) is 73.5 Å². The molecule has 23 heavy (non-hydrogen) atoms. The van der Waals surface area contributed by atoms with Gasteiger partial charge in [-0.2, -0.15) is 0 Å². The Morgan fingerprint density at radius 3 is 1.39 bits per heavy atom. The van der Waals surface area contributed by atoms with E-state index in [9.17, 15) is 9.59 Å². The van der Waals surface area contributed by atoms with E-state index in [4.69, 9.17) is 10.2 Å². The molecular weight excluding hydrogens is 312 g/mol. The fourth-order valence-corrected chi connectivity index (χ4v) is 0.989. The Morgan fingerprint density at radius 1 is 0.913 bits per heavy atom. The highest BCUT2D eigenvalue weighted by Gasteiger charge is 2.06. The number of allylic oxidation sites excluding steroid dienone is 2.